The first-order valence-corrected chi connectivity index (χ1v) is 9.71. The van der Waals surface area contributed by atoms with E-state index in [9.17, 15) is 9.00 Å². The molecule has 1 aromatic heterocycles. The highest BCUT2D eigenvalue weighted by Gasteiger charge is 2.18. The third kappa shape index (κ3) is 3.98. The Morgan fingerprint density at radius 3 is 2.67 bits per heavy atom. The summed E-state index contributed by atoms with van der Waals surface area (Å²) in [4.78, 5) is 14.9. The maximum absolute atomic E-state index is 12.6. The SMILES string of the molecule is CCOc1ccccc1S(=O)NC(=O)c1cc2cc(C)c(N(C)C)cc2o1. The highest BCUT2D eigenvalue weighted by molar-refractivity contribution is 7.83. The fraction of sp³-hybridized carbons (Fsp3) is 0.250. The number of nitrogens with one attached hydrogen (secondary N) is 1. The van der Waals surface area contributed by atoms with Crippen LogP contribution in [-0.4, -0.2) is 30.8 Å². The Balaban J connectivity index is 1.85. The first-order valence-electron chi connectivity index (χ1n) is 8.56. The molecule has 0 saturated heterocycles. The average Bonchev–Trinajstić information content (AvgIpc) is 3.04. The molecule has 27 heavy (non-hydrogen) atoms. The third-order valence-corrected chi connectivity index (χ3v) is 5.18. The monoisotopic (exact) mass is 386 g/mol. The van der Waals surface area contributed by atoms with Crippen LogP contribution in [0.2, 0.25) is 0 Å². The van der Waals surface area contributed by atoms with Gasteiger partial charge in [0.25, 0.3) is 5.91 Å². The zero-order chi connectivity index (χ0) is 19.6. The number of hydrogen-bond donors (Lipinski definition) is 1. The Bertz CT molecular complexity index is 1010. The number of nitrogens with zero attached hydrogens (tertiary/aromatic N) is 1. The second-order valence-corrected chi connectivity index (χ2v) is 7.44. The molecule has 0 spiro atoms. The van der Waals surface area contributed by atoms with E-state index < -0.39 is 16.9 Å². The van der Waals surface area contributed by atoms with E-state index >= 15 is 0 Å². The van der Waals surface area contributed by atoms with Gasteiger partial charge in [-0.1, -0.05) is 12.1 Å². The lowest BCUT2D eigenvalue weighted by Gasteiger charge is -2.14. The zero-order valence-corrected chi connectivity index (χ0v) is 16.6. The normalized spacial score (nSPS) is 12.0. The minimum absolute atomic E-state index is 0.113. The maximum Gasteiger partial charge on any atom is 0.298 e. The predicted molar refractivity (Wildman–Crippen MR) is 107 cm³/mol. The van der Waals surface area contributed by atoms with Crippen LogP contribution >= 0.6 is 0 Å². The number of ether oxygens (including phenoxy) is 1. The number of fused-ring (bicyclic) bond motifs is 1. The van der Waals surface area contributed by atoms with Crippen molar-refractivity contribution in [3.63, 3.8) is 0 Å². The van der Waals surface area contributed by atoms with Crippen molar-refractivity contribution in [3.8, 4) is 5.75 Å². The van der Waals surface area contributed by atoms with Crippen LogP contribution in [0.1, 0.15) is 23.0 Å². The molecular formula is C20H22N2O4S. The van der Waals surface area contributed by atoms with Crippen LogP contribution in [0.4, 0.5) is 5.69 Å². The topological polar surface area (TPSA) is 71.8 Å². The standard InChI is InChI=1S/C20H22N2O4S/c1-5-25-16-8-6-7-9-19(16)27(24)21-20(23)18-11-14-10-13(2)15(22(3)4)12-17(14)26-18/h6-12H,5H2,1-4H3,(H,21,23). The Hall–Kier alpha value is -2.80. The van der Waals surface area contributed by atoms with Gasteiger partial charge in [0, 0.05) is 31.2 Å². The number of rotatable bonds is 6. The van der Waals surface area contributed by atoms with E-state index in [0.717, 1.165) is 16.6 Å². The van der Waals surface area contributed by atoms with Crippen LogP contribution in [0.25, 0.3) is 11.0 Å². The number of carbonyl (C=O) groups excluding carboxylic acids is 1. The van der Waals surface area contributed by atoms with Crippen LogP contribution in [0.5, 0.6) is 5.75 Å². The first kappa shape index (κ1) is 19.0. The molecule has 142 valence electrons. The molecule has 3 rings (SSSR count). The summed E-state index contributed by atoms with van der Waals surface area (Å²) < 4.78 is 26.2. The summed E-state index contributed by atoms with van der Waals surface area (Å²) in [6.07, 6.45) is 0. The lowest BCUT2D eigenvalue weighted by molar-refractivity contribution is 0.0958. The number of hydrogen-bond acceptors (Lipinski definition) is 5. The van der Waals surface area contributed by atoms with Crippen molar-refractivity contribution >= 4 is 33.5 Å². The predicted octanol–water partition coefficient (Wildman–Crippen LogP) is 3.66. The molecule has 0 aliphatic rings. The first-order chi connectivity index (χ1) is 12.9. The van der Waals surface area contributed by atoms with Crippen molar-refractivity contribution in [3.05, 3.63) is 53.8 Å². The van der Waals surface area contributed by atoms with E-state index in [1.807, 2.05) is 45.0 Å². The average molecular weight is 386 g/mol. The van der Waals surface area contributed by atoms with Crippen molar-refractivity contribution < 1.29 is 18.2 Å². The fourth-order valence-corrected chi connectivity index (χ4v) is 3.74. The molecule has 7 heteroatoms. The summed E-state index contributed by atoms with van der Waals surface area (Å²) in [5.74, 6) is 0.0527. The molecule has 1 unspecified atom stereocenters. The molecule has 1 amide bonds. The number of benzene rings is 2. The zero-order valence-electron chi connectivity index (χ0n) is 15.7. The summed E-state index contributed by atoms with van der Waals surface area (Å²) in [5, 5.41) is 0.823. The second-order valence-electron chi connectivity index (χ2n) is 6.26. The van der Waals surface area contributed by atoms with Gasteiger partial charge in [-0.2, -0.15) is 0 Å². The van der Waals surface area contributed by atoms with E-state index in [0.29, 0.717) is 22.8 Å². The van der Waals surface area contributed by atoms with Crippen molar-refractivity contribution in [1.29, 1.82) is 0 Å². The quantitative estimate of drug-likeness (QED) is 0.700. The molecule has 2 aromatic carbocycles. The van der Waals surface area contributed by atoms with E-state index in [1.54, 1.807) is 30.3 Å². The number of para-hydroxylation sites is 1. The Morgan fingerprint density at radius 2 is 1.96 bits per heavy atom. The van der Waals surface area contributed by atoms with Crippen molar-refractivity contribution in [2.24, 2.45) is 0 Å². The van der Waals surface area contributed by atoms with Crippen LogP contribution in [0.15, 0.2) is 51.8 Å². The molecule has 0 aliphatic carbocycles. The van der Waals surface area contributed by atoms with Crippen LogP contribution in [0.3, 0.4) is 0 Å². The third-order valence-electron chi connectivity index (χ3n) is 4.07. The van der Waals surface area contributed by atoms with Crippen LogP contribution in [-0.2, 0) is 11.0 Å². The minimum Gasteiger partial charge on any atom is -0.493 e. The van der Waals surface area contributed by atoms with Gasteiger partial charge in [0.15, 0.2) is 16.7 Å². The number of amides is 1. The van der Waals surface area contributed by atoms with E-state index in [2.05, 4.69) is 4.72 Å². The maximum atomic E-state index is 12.6. The van der Waals surface area contributed by atoms with Crippen molar-refractivity contribution in [2.45, 2.75) is 18.7 Å². The van der Waals surface area contributed by atoms with Crippen LogP contribution < -0.4 is 14.4 Å². The highest BCUT2D eigenvalue weighted by atomic mass is 32.2. The Morgan fingerprint density at radius 1 is 1.22 bits per heavy atom. The van der Waals surface area contributed by atoms with Crippen molar-refractivity contribution in [1.82, 2.24) is 4.72 Å². The van der Waals surface area contributed by atoms with Crippen LogP contribution in [0, 0.1) is 6.92 Å². The van der Waals surface area contributed by atoms with Gasteiger partial charge in [0.05, 0.1) is 6.61 Å². The largest absolute Gasteiger partial charge is 0.493 e. The lowest BCUT2D eigenvalue weighted by atomic mass is 10.1. The van der Waals surface area contributed by atoms with Gasteiger partial charge in [-0.3, -0.25) is 9.52 Å². The molecule has 0 saturated carbocycles. The van der Waals surface area contributed by atoms with Gasteiger partial charge in [0.1, 0.15) is 16.2 Å². The molecular weight excluding hydrogens is 364 g/mol. The van der Waals surface area contributed by atoms with Gasteiger partial charge in [0.2, 0.25) is 0 Å². The molecule has 1 N–H and O–H groups in total. The number of anilines is 1. The van der Waals surface area contributed by atoms with Gasteiger partial charge in [-0.15, -0.1) is 0 Å². The summed E-state index contributed by atoms with van der Waals surface area (Å²) in [7, 11) is 2.14. The molecule has 3 aromatic rings. The highest BCUT2D eigenvalue weighted by Crippen LogP contribution is 2.28. The minimum atomic E-state index is -1.76. The van der Waals surface area contributed by atoms with Gasteiger partial charge in [-0.25, -0.2) is 4.21 Å². The molecule has 0 bridgehead atoms. The number of aryl methyl sites for hydroxylation is 1. The fourth-order valence-electron chi connectivity index (χ4n) is 2.85. The summed E-state index contributed by atoms with van der Waals surface area (Å²) in [6, 6.07) is 12.4. The van der Waals surface area contributed by atoms with E-state index in [4.69, 9.17) is 9.15 Å². The molecule has 0 fully saturated rings. The summed E-state index contributed by atoms with van der Waals surface area (Å²) in [6.45, 7) is 4.29. The van der Waals surface area contributed by atoms with Gasteiger partial charge in [-0.05, 0) is 43.7 Å². The Kier molecular flexibility index (Phi) is 5.51. The Labute approximate surface area is 160 Å². The lowest BCUT2D eigenvalue weighted by Crippen LogP contribution is -2.25. The number of furan rings is 1. The van der Waals surface area contributed by atoms with Gasteiger partial charge < -0.3 is 14.1 Å². The second kappa shape index (κ2) is 7.84. The molecule has 1 atom stereocenters. The molecule has 6 nitrogen and oxygen atoms in total. The smallest absolute Gasteiger partial charge is 0.298 e. The summed E-state index contributed by atoms with van der Waals surface area (Å²) >= 11 is 0. The number of carbonyl (C=O) groups is 1. The van der Waals surface area contributed by atoms with E-state index in [1.165, 1.54) is 0 Å². The molecule has 0 radical (unpaired) electrons. The summed E-state index contributed by atoms with van der Waals surface area (Å²) in [5.41, 5.74) is 2.70. The van der Waals surface area contributed by atoms with Gasteiger partial charge >= 0.3 is 0 Å². The molecule has 0 aliphatic heterocycles. The molecule has 1 heterocycles. The van der Waals surface area contributed by atoms with E-state index in [-0.39, 0.29) is 5.76 Å². The van der Waals surface area contributed by atoms with Crippen molar-refractivity contribution in [2.75, 3.05) is 25.6 Å².